The molecule has 6 nitrogen and oxygen atoms in total. The van der Waals surface area contributed by atoms with E-state index in [1.54, 1.807) is 0 Å². The quantitative estimate of drug-likeness (QED) is 0.274. The summed E-state index contributed by atoms with van der Waals surface area (Å²) in [6.07, 6.45) is 6.89. The zero-order valence-corrected chi connectivity index (χ0v) is 16.3. The lowest BCUT2D eigenvalue weighted by molar-refractivity contribution is 0.0200. The lowest BCUT2D eigenvalue weighted by Crippen LogP contribution is -2.47. The van der Waals surface area contributed by atoms with E-state index in [9.17, 15) is 0 Å². The minimum absolute atomic E-state index is 0. The highest BCUT2D eigenvalue weighted by molar-refractivity contribution is 14.0. The van der Waals surface area contributed by atoms with Gasteiger partial charge in [0.2, 0.25) is 0 Å². The summed E-state index contributed by atoms with van der Waals surface area (Å²) in [6, 6.07) is 0.407. The lowest BCUT2D eigenvalue weighted by Gasteiger charge is -2.22. The summed E-state index contributed by atoms with van der Waals surface area (Å²) in [5.74, 6) is 0.879. The summed E-state index contributed by atoms with van der Waals surface area (Å²) in [5, 5.41) is 6.82. The number of nitrogens with zero attached hydrogens (tertiary/aromatic N) is 1. The molecule has 3 fully saturated rings. The van der Waals surface area contributed by atoms with Gasteiger partial charge in [-0.2, -0.15) is 0 Å². The van der Waals surface area contributed by atoms with Gasteiger partial charge in [0, 0.05) is 13.2 Å². The lowest BCUT2D eigenvalue weighted by atomic mass is 9.96. The van der Waals surface area contributed by atoms with E-state index in [0.29, 0.717) is 44.1 Å². The molecule has 0 aliphatic carbocycles. The molecule has 0 saturated carbocycles. The van der Waals surface area contributed by atoms with Gasteiger partial charge in [0.25, 0.3) is 0 Å². The summed E-state index contributed by atoms with van der Waals surface area (Å²) in [6.45, 7) is 5.84. The Balaban J connectivity index is 0.00000192. The molecular weight excluding hydrogens is 409 g/mol. The van der Waals surface area contributed by atoms with E-state index in [1.807, 2.05) is 0 Å². The maximum absolute atomic E-state index is 5.88. The molecule has 7 heteroatoms. The Hall–Kier alpha value is -0.120. The van der Waals surface area contributed by atoms with Crippen LogP contribution < -0.4 is 10.6 Å². The average molecular weight is 439 g/mol. The van der Waals surface area contributed by atoms with Gasteiger partial charge in [-0.3, -0.25) is 4.99 Å². The topological polar surface area (TPSA) is 64.1 Å². The molecule has 0 aromatic rings. The van der Waals surface area contributed by atoms with Crippen molar-refractivity contribution < 1.29 is 14.2 Å². The highest BCUT2D eigenvalue weighted by Crippen LogP contribution is 2.34. The van der Waals surface area contributed by atoms with Gasteiger partial charge in [-0.1, -0.05) is 0 Å². The second-order valence-corrected chi connectivity index (χ2v) is 6.33. The van der Waals surface area contributed by atoms with Crippen molar-refractivity contribution in [3.8, 4) is 0 Å². The third kappa shape index (κ3) is 5.72. The van der Waals surface area contributed by atoms with E-state index < -0.39 is 0 Å². The van der Waals surface area contributed by atoms with Crippen LogP contribution in [0.5, 0.6) is 0 Å². The Morgan fingerprint density at radius 2 is 2.22 bits per heavy atom. The van der Waals surface area contributed by atoms with Gasteiger partial charge < -0.3 is 24.8 Å². The fourth-order valence-corrected chi connectivity index (χ4v) is 3.50. The van der Waals surface area contributed by atoms with E-state index in [2.05, 4.69) is 22.5 Å². The molecule has 3 aliphatic heterocycles. The first-order valence-corrected chi connectivity index (χ1v) is 8.75. The van der Waals surface area contributed by atoms with Gasteiger partial charge in [0.05, 0.1) is 44.1 Å². The van der Waals surface area contributed by atoms with Crippen LogP contribution in [0, 0.1) is 0 Å². The zero-order chi connectivity index (χ0) is 15.2. The minimum Gasteiger partial charge on any atom is -0.377 e. The van der Waals surface area contributed by atoms with E-state index in [-0.39, 0.29) is 24.0 Å². The van der Waals surface area contributed by atoms with Gasteiger partial charge >= 0.3 is 0 Å². The normalized spacial score (nSPS) is 32.8. The number of guanidine groups is 1. The predicted octanol–water partition coefficient (Wildman–Crippen LogP) is 1.67. The third-order valence-electron chi connectivity index (χ3n) is 4.61. The Kier molecular flexibility index (Phi) is 8.35. The number of fused-ring (bicyclic) bond motifs is 2. The molecule has 3 rings (SSSR count). The van der Waals surface area contributed by atoms with Gasteiger partial charge in [-0.05, 0) is 39.0 Å². The first kappa shape index (κ1) is 19.2. The smallest absolute Gasteiger partial charge is 0.191 e. The molecule has 23 heavy (non-hydrogen) atoms. The van der Waals surface area contributed by atoms with E-state index >= 15 is 0 Å². The molecule has 4 unspecified atom stereocenters. The summed E-state index contributed by atoms with van der Waals surface area (Å²) >= 11 is 0. The minimum atomic E-state index is 0. The molecule has 3 heterocycles. The molecule has 0 aromatic carbocycles. The summed E-state index contributed by atoms with van der Waals surface area (Å²) < 4.78 is 17.1. The molecule has 4 atom stereocenters. The van der Waals surface area contributed by atoms with Crippen molar-refractivity contribution in [3.05, 3.63) is 0 Å². The van der Waals surface area contributed by atoms with Crippen molar-refractivity contribution in [1.29, 1.82) is 0 Å². The summed E-state index contributed by atoms with van der Waals surface area (Å²) in [5.41, 5.74) is 0. The van der Waals surface area contributed by atoms with Crippen molar-refractivity contribution >= 4 is 29.9 Å². The fraction of sp³-hybridized carbons (Fsp3) is 0.938. The van der Waals surface area contributed by atoms with Crippen molar-refractivity contribution in [3.63, 3.8) is 0 Å². The molecule has 0 radical (unpaired) electrons. The van der Waals surface area contributed by atoms with Crippen LogP contribution in [0.1, 0.15) is 39.0 Å². The van der Waals surface area contributed by atoms with Crippen molar-refractivity contribution in [2.45, 2.75) is 63.4 Å². The number of aliphatic imine (C=N–C) groups is 1. The Morgan fingerprint density at radius 1 is 1.30 bits per heavy atom. The molecule has 0 spiro atoms. The Bertz CT molecular complexity index is 378. The Morgan fingerprint density at radius 3 is 2.87 bits per heavy atom. The molecule has 3 saturated heterocycles. The van der Waals surface area contributed by atoms with Gasteiger partial charge in [0.1, 0.15) is 0 Å². The van der Waals surface area contributed by atoms with Crippen LogP contribution in [-0.2, 0) is 14.2 Å². The third-order valence-corrected chi connectivity index (χ3v) is 4.61. The summed E-state index contributed by atoms with van der Waals surface area (Å²) in [4.78, 5) is 4.60. The molecule has 2 bridgehead atoms. The average Bonchev–Trinajstić information content (AvgIpc) is 3.24. The first-order valence-electron chi connectivity index (χ1n) is 8.75. The van der Waals surface area contributed by atoms with Crippen LogP contribution >= 0.6 is 24.0 Å². The highest BCUT2D eigenvalue weighted by atomic mass is 127. The van der Waals surface area contributed by atoms with E-state index in [4.69, 9.17) is 14.2 Å². The second-order valence-electron chi connectivity index (χ2n) is 6.33. The monoisotopic (exact) mass is 439 g/mol. The van der Waals surface area contributed by atoms with Gasteiger partial charge in [0.15, 0.2) is 5.96 Å². The van der Waals surface area contributed by atoms with Crippen LogP contribution in [-0.4, -0.2) is 63.2 Å². The van der Waals surface area contributed by atoms with Crippen LogP contribution in [0.15, 0.2) is 4.99 Å². The number of halogens is 1. The van der Waals surface area contributed by atoms with Crippen molar-refractivity contribution in [1.82, 2.24) is 10.6 Å². The molecular formula is C16H30IN3O3. The van der Waals surface area contributed by atoms with Crippen molar-refractivity contribution in [2.75, 3.05) is 32.9 Å². The number of rotatable bonds is 7. The fourth-order valence-electron chi connectivity index (χ4n) is 3.50. The number of hydrogen-bond acceptors (Lipinski definition) is 4. The number of hydrogen-bond donors (Lipinski definition) is 2. The first-order chi connectivity index (χ1) is 10.8. The van der Waals surface area contributed by atoms with Crippen LogP contribution in [0.25, 0.3) is 0 Å². The van der Waals surface area contributed by atoms with Crippen LogP contribution in [0.2, 0.25) is 0 Å². The molecule has 3 aliphatic rings. The van der Waals surface area contributed by atoms with Crippen molar-refractivity contribution in [2.24, 2.45) is 4.99 Å². The second kappa shape index (κ2) is 10.0. The molecule has 0 aromatic heterocycles. The van der Waals surface area contributed by atoms with Gasteiger partial charge in [-0.15, -0.1) is 24.0 Å². The number of ether oxygens (including phenoxy) is 3. The van der Waals surface area contributed by atoms with Crippen LogP contribution in [0.3, 0.4) is 0 Å². The van der Waals surface area contributed by atoms with Crippen LogP contribution in [0.4, 0.5) is 0 Å². The number of nitrogens with one attached hydrogen (secondary N) is 2. The zero-order valence-electron chi connectivity index (χ0n) is 14.0. The molecule has 0 amide bonds. The predicted molar refractivity (Wildman–Crippen MR) is 101 cm³/mol. The maximum atomic E-state index is 5.88. The standard InChI is InChI=1S/C16H29N3O3.HI/c1-2-17-16(19-14-10-12-5-6-15(14)22-12)18-7-9-20-11-13-4-3-8-21-13;/h12-15H,2-11H2,1H3,(H2,17,18,19);1H. The molecule has 2 N–H and O–H groups in total. The SMILES string of the molecule is CCNC(=NCCOCC1CCCO1)NC1CC2CCC1O2.I. The van der Waals surface area contributed by atoms with Gasteiger partial charge in [-0.25, -0.2) is 0 Å². The highest BCUT2D eigenvalue weighted by Gasteiger charge is 2.41. The van der Waals surface area contributed by atoms with E-state index in [1.165, 1.54) is 12.8 Å². The summed E-state index contributed by atoms with van der Waals surface area (Å²) in [7, 11) is 0. The van der Waals surface area contributed by atoms with E-state index in [0.717, 1.165) is 38.4 Å². The molecule has 134 valence electrons. The maximum Gasteiger partial charge on any atom is 0.191 e. The largest absolute Gasteiger partial charge is 0.377 e. The Labute approximate surface area is 156 Å².